The van der Waals surface area contributed by atoms with Gasteiger partial charge in [-0.25, -0.2) is 15.0 Å². The van der Waals surface area contributed by atoms with E-state index >= 15 is 0 Å². The van der Waals surface area contributed by atoms with Crippen LogP contribution in [0.15, 0.2) is 36.5 Å². The molecule has 0 aliphatic heterocycles. The molecule has 1 aliphatic carbocycles. The lowest BCUT2D eigenvalue weighted by Crippen LogP contribution is -1.87. The third kappa shape index (κ3) is 1.48. The maximum absolute atomic E-state index is 4.14. The van der Waals surface area contributed by atoms with Gasteiger partial charge in [0, 0.05) is 5.57 Å². The van der Waals surface area contributed by atoms with Crippen LogP contribution in [0.25, 0.3) is 11.2 Å². The van der Waals surface area contributed by atoms with Crippen LogP contribution in [0, 0.1) is 11.8 Å². The van der Waals surface area contributed by atoms with Crippen LogP contribution in [0.2, 0.25) is 0 Å². The van der Waals surface area contributed by atoms with Gasteiger partial charge >= 0.3 is 0 Å². The zero-order chi connectivity index (χ0) is 10.8. The Balaban J connectivity index is 2.03. The number of rotatable bonds is 0. The van der Waals surface area contributed by atoms with Crippen LogP contribution < -0.4 is 0 Å². The molecule has 2 aromatic rings. The summed E-state index contributed by atoms with van der Waals surface area (Å²) < 4.78 is 0. The molecule has 16 heavy (non-hydrogen) atoms. The lowest BCUT2D eigenvalue weighted by molar-refractivity contribution is 1.18. The number of allylic oxidation sites excluding steroid dienone is 4. The molecule has 2 heterocycles. The molecular weight excluding hydrogens is 200 g/mol. The minimum atomic E-state index is 0.651. The van der Waals surface area contributed by atoms with Crippen LogP contribution in [0.1, 0.15) is 12.1 Å². The number of H-pyrrole nitrogens is 1. The van der Waals surface area contributed by atoms with Crippen LogP contribution in [-0.4, -0.2) is 19.9 Å². The fourth-order valence-electron chi connectivity index (χ4n) is 1.54. The molecule has 4 heteroatoms. The van der Waals surface area contributed by atoms with Gasteiger partial charge in [0.05, 0.1) is 6.33 Å². The van der Waals surface area contributed by atoms with Crippen LogP contribution in [0.4, 0.5) is 0 Å². The zero-order valence-corrected chi connectivity index (χ0v) is 8.44. The van der Waals surface area contributed by atoms with Crippen LogP contribution in [0.5, 0.6) is 0 Å². The van der Waals surface area contributed by atoms with Crippen molar-refractivity contribution < 1.29 is 0 Å². The van der Waals surface area contributed by atoms with Crippen molar-refractivity contribution in [3.8, 4) is 11.8 Å². The van der Waals surface area contributed by atoms with Gasteiger partial charge in [0.2, 0.25) is 0 Å². The second kappa shape index (κ2) is 3.63. The molecule has 76 valence electrons. The topological polar surface area (TPSA) is 54.5 Å². The summed E-state index contributed by atoms with van der Waals surface area (Å²) in [6.07, 6.45) is 10.1. The predicted octanol–water partition coefficient (Wildman–Crippen LogP) is 1.59. The van der Waals surface area contributed by atoms with Crippen molar-refractivity contribution in [3.05, 3.63) is 42.1 Å². The highest BCUT2D eigenvalue weighted by Crippen LogP contribution is 2.10. The summed E-state index contributed by atoms with van der Waals surface area (Å²) in [5, 5.41) is 0. The Labute approximate surface area is 92.1 Å². The quantitative estimate of drug-likeness (QED) is 0.669. The van der Waals surface area contributed by atoms with Crippen molar-refractivity contribution in [2.45, 2.75) is 6.42 Å². The molecule has 0 fully saturated rings. The summed E-state index contributed by atoms with van der Waals surface area (Å²) in [4.78, 5) is 15.2. The summed E-state index contributed by atoms with van der Waals surface area (Å²) in [6.45, 7) is 0. The molecule has 0 radical (unpaired) electrons. The minimum Gasteiger partial charge on any atom is -0.341 e. The first-order valence-corrected chi connectivity index (χ1v) is 4.95. The molecule has 0 bridgehead atoms. The molecule has 0 saturated carbocycles. The average molecular weight is 208 g/mol. The highest BCUT2D eigenvalue weighted by Gasteiger charge is 2.02. The third-order valence-corrected chi connectivity index (χ3v) is 2.34. The van der Waals surface area contributed by atoms with Crippen LogP contribution in [-0.2, 0) is 0 Å². The molecule has 0 aromatic carbocycles. The summed E-state index contributed by atoms with van der Waals surface area (Å²) in [5.41, 5.74) is 3.24. The molecule has 2 aromatic heterocycles. The minimum absolute atomic E-state index is 0.651. The molecule has 0 saturated heterocycles. The Kier molecular flexibility index (Phi) is 2.01. The normalized spacial score (nSPS) is 13.6. The summed E-state index contributed by atoms with van der Waals surface area (Å²) in [7, 11) is 0. The number of hydrogen-bond acceptors (Lipinski definition) is 3. The molecule has 0 spiro atoms. The number of imidazole rings is 1. The molecule has 0 atom stereocenters. The van der Waals surface area contributed by atoms with E-state index in [2.05, 4.69) is 37.9 Å². The van der Waals surface area contributed by atoms with Gasteiger partial charge in [-0.1, -0.05) is 24.1 Å². The Morgan fingerprint density at radius 2 is 2.19 bits per heavy atom. The monoisotopic (exact) mass is 208 g/mol. The maximum atomic E-state index is 4.14. The zero-order valence-electron chi connectivity index (χ0n) is 8.44. The summed E-state index contributed by atoms with van der Waals surface area (Å²) >= 11 is 0. The van der Waals surface area contributed by atoms with E-state index in [1.807, 2.05) is 12.2 Å². The van der Waals surface area contributed by atoms with Crippen LogP contribution >= 0.6 is 0 Å². The van der Waals surface area contributed by atoms with E-state index in [0.717, 1.165) is 17.5 Å². The molecule has 0 amide bonds. The van der Waals surface area contributed by atoms with Crippen molar-refractivity contribution >= 4 is 11.2 Å². The summed E-state index contributed by atoms with van der Waals surface area (Å²) in [6, 6.07) is 0. The van der Waals surface area contributed by atoms with Gasteiger partial charge in [0.15, 0.2) is 5.65 Å². The number of nitrogens with zero attached hydrogens (tertiary/aromatic N) is 3. The molecule has 4 nitrogen and oxygen atoms in total. The molecule has 3 rings (SSSR count). The van der Waals surface area contributed by atoms with Crippen molar-refractivity contribution in [2.75, 3.05) is 0 Å². The first-order valence-electron chi connectivity index (χ1n) is 4.95. The van der Waals surface area contributed by atoms with E-state index < -0.39 is 0 Å². The van der Waals surface area contributed by atoms with E-state index in [1.54, 1.807) is 6.33 Å². The van der Waals surface area contributed by atoms with Crippen molar-refractivity contribution in [1.29, 1.82) is 0 Å². The van der Waals surface area contributed by atoms with E-state index in [0.29, 0.717) is 11.3 Å². The second-order valence-electron chi connectivity index (χ2n) is 3.40. The Morgan fingerprint density at radius 3 is 3.06 bits per heavy atom. The molecule has 0 unspecified atom stereocenters. The van der Waals surface area contributed by atoms with Crippen molar-refractivity contribution in [1.82, 2.24) is 19.9 Å². The number of nitrogens with one attached hydrogen (secondary N) is 1. The van der Waals surface area contributed by atoms with Gasteiger partial charge in [-0.15, -0.1) is 0 Å². The first-order chi connectivity index (χ1) is 7.93. The Morgan fingerprint density at radius 1 is 1.19 bits per heavy atom. The number of aromatic nitrogens is 4. The molecule has 1 N–H and O–H groups in total. The van der Waals surface area contributed by atoms with Gasteiger partial charge in [0.25, 0.3) is 0 Å². The van der Waals surface area contributed by atoms with Crippen LogP contribution in [0.3, 0.4) is 0 Å². The number of aromatic amines is 1. The van der Waals surface area contributed by atoms with Gasteiger partial charge in [-0.2, -0.15) is 0 Å². The summed E-state index contributed by atoms with van der Waals surface area (Å²) in [5.74, 6) is 6.13. The number of hydrogen-bond donors (Lipinski definition) is 1. The van der Waals surface area contributed by atoms with E-state index in [4.69, 9.17) is 0 Å². The van der Waals surface area contributed by atoms with E-state index in [-0.39, 0.29) is 0 Å². The SMILES string of the molecule is C(#Cc1ncnc2nc[nH]c12)C1=CC=CC1. The second-order valence-corrected chi connectivity index (χ2v) is 3.40. The highest BCUT2D eigenvalue weighted by molar-refractivity contribution is 5.75. The largest absolute Gasteiger partial charge is 0.341 e. The van der Waals surface area contributed by atoms with Gasteiger partial charge in [-0.05, 0) is 12.3 Å². The van der Waals surface area contributed by atoms with Gasteiger partial charge < -0.3 is 4.98 Å². The van der Waals surface area contributed by atoms with Crippen molar-refractivity contribution in [3.63, 3.8) is 0 Å². The van der Waals surface area contributed by atoms with Gasteiger partial charge in [0.1, 0.15) is 17.5 Å². The average Bonchev–Trinajstić information content (AvgIpc) is 2.97. The Hall–Kier alpha value is -2.41. The van der Waals surface area contributed by atoms with E-state index in [9.17, 15) is 0 Å². The maximum Gasteiger partial charge on any atom is 0.181 e. The van der Waals surface area contributed by atoms with Gasteiger partial charge in [-0.3, -0.25) is 0 Å². The first kappa shape index (κ1) is 8.86. The Bertz CT molecular complexity index is 652. The lowest BCUT2D eigenvalue weighted by Gasteiger charge is -1.91. The molecule has 1 aliphatic rings. The smallest absolute Gasteiger partial charge is 0.181 e. The number of fused-ring (bicyclic) bond motifs is 1. The standard InChI is InChI=1S/C12H8N4/c1-2-4-9(3-1)5-6-10-11-12(15-7-13-10)16-8-14-11/h1-3,7-8H,4H2,(H,13,14,15,16). The fourth-order valence-corrected chi connectivity index (χ4v) is 1.54. The highest BCUT2D eigenvalue weighted by atomic mass is 15.0. The third-order valence-electron chi connectivity index (χ3n) is 2.34. The predicted molar refractivity (Wildman–Crippen MR) is 60.4 cm³/mol. The lowest BCUT2D eigenvalue weighted by atomic mass is 10.2. The van der Waals surface area contributed by atoms with E-state index in [1.165, 1.54) is 6.33 Å². The van der Waals surface area contributed by atoms with Crippen molar-refractivity contribution in [2.24, 2.45) is 0 Å². The fraction of sp³-hybridized carbons (Fsp3) is 0.0833. The molecular formula is C12H8N4.